The summed E-state index contributed by atoms with van der Waals surface area (Å²) in [7, 11) is 0. The standard InChI is InChI=1S/C16H15FN2O2/c17-14-9-18-7-5-13(14)16(20)19-10-15-12-4-2-1-3-11(12)6-8-21-15/h1-5,7,9,15H,6,8,10H2,(H,19,20). The Morgan fingerprint density at radius 3 is 3.10 bits per heavy atom. The van der Waals surface area contributed by atoms with E-state index in [1.165, 1.54) is 17.8 Å². The molecule has 0 radical (unpaired) electrons. The van der Waals surface area contributed by atoms with Crippen molar-refractivity contribution in [3.05, 3.63) is 65.2 Å². The minimum atomic E-state index is -0.625. The van der Waals surface area contributed by atoms with Gasteiger partial charge in [-0.25, -0.2) is 4.39 Å². The molecule has 1 N–H and O–H groups in total. The summed E-state index contributed by atoms with van der Waals surface area (Å²) < 4.78 is 19.2. The minimum Gasteiger partial charge on any atom is -0.371 e. The number of hydrogen-bond donors (Lipinski definition) is 1. The maximum atomic E-state index is 13.5. The fourth-order valence-corrected chi connectivity index (χ4v) is 2.49. The number of carbonyl (C=O) groups is 1. The Kier molecular flexibility index (Phi) is 3.92. The summed E-state index contributed by atoms with van der Waals surface area (Å²) >= 11 is 0. The summed E-state index contributed by atoms with van der Waals surface area (Å²) in [4.78, 5) is 15.6. The van der Waals surface area contributed by atoms with E-state index in [4.69, 9.17) is 4.74 Å². The Hall–Kier alpha value is -2.27. The number of benzene rings is 1. The van der Waals surface area contributed by atoms with Crippen LogP contribution in [-0.4, -0.2) is 24.0 Å². The van der Waals surface area contributed by atoms with Crippen molar-refractivity contribution in [3.63, 3.8) is 0 Å². The van der Waals surface area contributed by atoms with Gasteiger partial charge < -0.3 is 10.1 Å². The van der Waals surface area contributed by atoms with Gasteiger partial charge in [0.1, 0.15) is 6.10 Å². The van der Waals surface area contributed by atoms with Crippen LogP contribution in [0.25, 0.3) is 0 Å². The zero-order valence-corrected chi connectivity index (χ0v) is 11.4. The van der Waals surface area contributed by atoms with Crippen molar-refractivity contribution in [2.45, 2.75) is 12.5 Å². The molecule has 0 saturated carbocycles. The molecule has 0 saturated heterocycles. The second-order valence-electron chi connectivity index (χ2n) is 4.87. The smallest absolute Gasteiger partial charge is 0.254 e. The van der Waals surface area contributed by atoms with E-state index < -0.39 is 11.7 Å². The zero-order chi connectivity index (χ0) is 14.7. The topological polar surface area (TPSA) is 51.2 Å². The van der Waals surface area contributed by atoms with Gasteiger partial charge in [-0.15, -0.1) is 0 Å². The van der Waals surface area contributed by atoms with Gasteiger partial charge in [-0.3, -0.25) is 9.78 Å². The van der Waals surface area contributed by atoms with Crippen molar-refractivity contribution >= 4 is 5.91 Å². The third-order valence-electron chi connectivity index (χ3n) is 3.56. The highest BCUT2D eigenvalue weighted by Gasteiger charge is 2.21. The van der Waals surface area contributed by atoms with Crippen molar-refractivity contribution in [2.75, 3.05) is 13.2 Å². The van der Waals surface area contributed by atoms with Crippen LogP contribution in [0.3, 0.4) is 0 Å². The molecule has 0 spiro atoms. The van der Waals surface area contributed by atoms with E-state index in [2.05, 4.69) is 16.4 Å². The number of amides is 1. The molecule has 108 valence electrons. The number of nitrogens with zero attached hydrogens (tertiary/aromatic N) is 1. The molecule has 2 aromatic rings. The van der Waals surface area contributed by atoms with E-state index in [9.17, 15) is 9.18 Å². The largest absolute Gasteiger partial charge is 0.371 e. The zero-order valence-electron chi connectivity index (χ0n) is 11.4. The molecule has 1 atom stereocenters. The number of pyridine rings is 1. The lowest BCUT2D eigenvalue weighted by Gasteiger charge is -2.26. The van der Waals surface area contributed by atoms with Gasteiger partial charge in [-0.2, -0.15) is 0 Å². The number of ether oxygens (including phenoxy) is 1. The van der Waals surface area contributed by atoms with Crippen molar-refractivity contribution in [2.24, 2.45) is 0 Å². The van der Waals surface area contributed by atoms with Crippen LogP contribution in [0.15, 0.2) is 42.7 Å². The predicted molar refractivity (Wildman–Crippen MR) is 75.4 cm³/mol. The number of rotatable bonds is 3. The Labute approximate surface area is 122 Å². The van der Waals surface area contributed by atoms with Gasteiger partial charge in [-0.05, 0) is 23.6 Å². The van der Waals surface area contributed by atoms with Gasteiger partial charge in [0.05, 0.1) is 18.4 Å². The summed E-state index contributed by atoms with van der Waals surface area (Å²) in [5.41, 5.74) is 2.31. The molecule has 1 aromatic carbocycles. The second-order valence-corrected chi connectivity index (χ2v) is 4.87. The molecule has 1 unspecified atom stereocenters. The highest BCUT2D eigenvalue weighted by Crippen LogP contribution is 2.26. The van der Waals surface area contributed by atoms with Gasteiger partial charge >= 0.3 is 0 Å². The molecule has 2 heterocycles. The molecular formula is C16H15FN2O2. The molecule has 0 fully saturated rings. The summed E-state index contributed by atoms with van der Waals surface area (Å²) in [6.45, 7) is 0.943. The average molecular weight is 286 g/mol. The summed E-state index contributed by atoms with van der Waals surface area (Å²) in [6, 6.07) is 9.37. The van der Waals surface area contributed by atoms with Crippen LogP contribution < -0.4 is 5.32 Å². The Balaban J connectivity index is 1.69. The van der Waals surface area contributed by atoms with Crippen LogP contribution in [0.5, 0.6) is 0 Å². The predicted octanol–water partition coefficient (Wildman–Crippen LogP) is 2.26. The fourth-order valence-electron chi connectivity index (χ4n) is 2.49. The molecule has 1 aliphatic rings. The van der Waals surface area contributed by atoms with Crippen LogP contribution in [0.4, 0.5) is 4.39 Å². The first kappa shape index (κ1) is 13.7. The lowest BCUT2D eigenvalue weighted by Crippen LogP contribution is -2.32. The average Bonchev–Trinajstić information content (AvgIpc) is 2.53. The van der Waals surface area contributed by atoms with Gasteiger partial charge in [0.2, 0.25) is 0 Å². The highest BCUT2D eigenvalue weighted by molar-refractivity contribution is 5.94. The summed E-state index contributed by atoms with van der Waals surface area (Å²) in [5.74, 6) is -1.08. The van der Waals surface area contributed by atoms with Crippen molar-refractivity contribution in [1.29, 1.82) is 0 Å². The van der Waals surface area contributed by atoms with Gasteiger partial charge in [-0.1, -0.05) is 24.3 Å². The van der Waals surface area contributed by atoms with Crippen LogP contribution in [0, 0.1) is 5.82 Å². The number of fused-ring (bicyclic) bond motifs is 1. The molecule has 1 aliphatic heterocycles. The first-order chi connectivity index (χ1) is 10.3. The molecule has 0 aliphatic carbocycles. The quantitative estimate of drug-likeness (QED) is 0.941. The monoisotopic (exact) mass is 286 g/mol. The van der Waals surface area contributed by atoms with Crippen molar-refractivity contribution in [3.8, 4) is 0 Å². The van der Waals surface area contributed by atoms with E-state index in [-0.39, 0.29) is 11.7 Å². The normalized spacial score (nSPS) is 17.1. The lowest BCUT2D eigenvalue weighted by atomic mass is 9.97. The molecule has 4 nitrogen and oxygen atoms in total. The first-order valence-electron chi connectivity index (χ1n) is 6.83. The molecule has 0 bridgehead atoms. The van der Waals surface area contributed by atoms with E-state index in [0.29, 0.717) is 13.2 Å². The van der Waals surface area contributed by atoms with Crippen LogP contribution in [0.2, 0.25) is 0 Å². The van der Waals surface area contributed by atoms with Gasteiger partial charge in [0, 0.05) is 12.7 Å². The van der Waals surface area contributed by atoms with Gasteiger partial charge in [0.15, 0.2) is 5.82 Å². The minimum absolute atomic E-state index is 0.00547. The third kappa shape index (κ3) is 2.92. The van der Waals surface area contributed by atoms with Gasteiger partial charge in [0.25, 0.3) is 5.91 Å². The Morgan fingerprint density at radius 2 is 2.24 bits per heavy atom. The lowest BCUT2D eigenvalue weighted by molar-refractivity contribution is 0.0411. The molecule has 3 rings (SSSR count). The highest BCUT2D eigenvalue weighted by atomic mass is 19.1. The summed E-state index contributed by atoms with van der Waals surface area (Å²) in [5, 5.41) is 2.72. The number of nitrogens with one attached hydrogen (secondary N) is 1. The maximum absolute atomic E-state index is 13.5. The van der Waals surface area contributed by atoms with E-state index in [1.54, 1.807) is 0 Å². The molecule has 5 heteroatoms. The molecule has 1 amide bonds. The number of halogens is 1. The molecule has 21 heavy (non-hydrogen) atoms. The van der Waals surface area contributed by atoms with Crippen LogP contribution in [-0.2, 0) is 11.2 Å². The second kappa shape index (κ2) is 6.01. The number of hydrogen-bond acceptors (Lipinski definition) is 3. The maximum Gasteiger partial charge on any atom is 0.254 e. The Bertz CT molecular complexity index is 660. The third-order valence-corrected chi connectivity index (χ3v) is 3.56. The van der Waals surface area contributed by atoms with Crippen molar-refractivity contribution < 1.29 is 13.9 Å². The van der Waals surface area contributed by atoms with Crippen molar-refractivity contribution in [1.82, 2.24) is 10.3 Å². The van der Waals surface area contributed by atoms with E-state index >= 15 is 0 Å². The number of aromatic nitrogens is 1. The fraction of sp³-hybridized carbons (Fsp3) is 0.250. The van der Waals surface area contributed by atoms with Crippen LogP contribution >= 0.6 is 0 Å². The SMILES string of the molecule is O=C(NCC1OCCc2ccccc21)c1ccncc1F. The van der Waals surface area contributed by atoms with Crippen LogP contribution in [0.1, 0.15) is 27.6 Å². The first-order valence-corrected chi connectivity index (χ1v) is 6.83. The van der Waals surface area contributed by atoms with E-state index in [0.717, 1.165) is 18.2 Å². The van der Waals surface area contributed by atoms with E-state index in [1.807, 2.05) is 18.2 Å². The summed E-state index contributed by atoms with van der Waals surface area (Å²) in [6.07, 6.45) is 3.11. The molecular weight excluding hydrogens is 271 g/mol. The molecule has 1 aromatic heterocycles. The number of carbonyl (C=O) groups excluding carboxylic acids is 1. The Morgan fingerprint density at radius 1 is 1.38 bits per heavy atom.